The highest BCUT2D eigenvalue weighted by molar-refractivity contribution is 5.89. The lowest BCUT2D eigenvalue weighted by Crippen LogP contribution is -2.49. The van der Waals surface area contributed by atoms with Crippen LogP contribution in [0.25, 0.3) is 0 Å². The molecule has 0 unspecified atom stereocenters. The zero-order valence-electron chi connectivity index (χ0n) is 12.1. The first-order chi connectivity index (χ1) is 9.50. The predicted molar refractivity (Wildman–Crippen MR) is 77.6 cm³/mol. The van der Waals surface area contributed by atoms with E-state index in [-0.39, 0.29) is 6.03 Å². The molecule has 0 radical (unpaired) electrons. The maximum absolute atomic E-state index is 12.1. The van der Waals surface area contributed by atoms with E-state index >= 15 is 0 Å². The highest BCUT2D eigenvalue weighted by Crippen LogP contribution is 2.21. The molecule has 5 nitrogen and oxygen atoms in total. The summed E-state index contributed by atoms with van der Waals surface area (Å²) in [4.78, 5) is 13.8. The van der Waals surface area contributed by atoms with Gasteiger partial charge in [-0.3, -0.25) is 0 Å². The number of rotatable bonds is 3. The first-order valence-corrected chi connectivity index (χ1v) is 6.86. The lowest BCUT2D eigenvalue weighted by molar-refractivity contribution is -0.000635. The van der Waals surface area contributed by atoms with Gasteiger partial charge in [-0.15, -0.1) is 0 Å². The third kappa shape index (κ3) is 3.95. The van der Waals surface area contributed by atoms with Crippen LogP contribution in [-0.2, 0) is 11.3 Å². The van der Waals surface area contributed by atoms with Crippen LogP contribution in [0, 0.1) is 0 Å². The van der Waals surface area contributed by atoms with Crippen molar-refractivity contribution in [2.24, 2.45) is 0 Å². The molecular formula is C15H22N2O3. The van der Waals surface area contributed by atoms with Gasteiger partial charge < -0.3 is 20.1 Å². The van der Waals surface area contributed by atoms with Crippen LogP contribution < -0.4 is 5.32 Å². The average molecular weight is 278 g/mol. The van der Waals surface area contributed by atoms with Crippen molar-refractivity contribution in [3.8, 4) is 0 Å². The number of ether oxygens (including phenoxy) is 1. The van der Waals surface area contributed by atoms with Crippen molar-refractivity contribution >= 4 is 11.7 Å². The van der Waals surface area contributed by atoms with E-state index < -0.39 is 5.60 Å². The fourth-order valence-corrected chi connectivity index (χ4v) is 2.45. The maximum Gasteiger partial charge on any atom is 0.321 e. The first kappa shape index (κ1) is 14.8. The summed E-state index contributed by atoms with van der Waals surface area (Å²) in [6.07, 6.45) is 1.57. The third-order valence-electron chi connectivity index (χ3n) is 3.48. The number of aliphatic hydroxyl groups is 1. The van der Waals surface area contributed by atoms with Crippen molar-refractivity contribution < 1.29 is 14.6 Å². The zero-order valence-corrected chi connectivity index (χ0v) is 12.1. The highest BCUT2D eigenvalue weighted by Gasteiger charge is 2.30. The number of benzene rings is 1. The standard InChI is InChI=1S/C15H22N2O3/c1-15(19)8-3-9-17(11-15)14(18)16-13-6-4-12(5-7-13)10-20-2/h4-7,19H,3,8-11H2,1-2H3,(H,16,18)/t15-/m0/s1. The van der Waals surface area contributed by atoms with Gasteiger partial charge >= 0.3 is 6.03 Å². The molecule has 0 bridgehead atoms. The second-order valence-electron chi connectivity index (χ2n) is 5.58. The van der Waals surface area contributed by atoms with Crippen LogP contribution in [-0.4, -0.2) is 41.8 Å². The SMILES string of the molecule is COCc1ccc(NC(=O)N2CCC[C@](C)(O)C2)cc1. The minimum Gasteiger partial charge on any atom is -0.388 e. The number of likely N-dealkylation sites (tertiary alicyclic amines) is 1. The minimum atomic E-state index is -0.780. The Morgan fingerprint density at radius 1 is 1.45 bits per heavy atom. The molecule has 0 spiro atoms. The molecule has 1 aromatic carbocycles. The monoisotopic (exact) mass is 278 g/mol. The van der Waals surface area contributed by atoms with Crippen molar-refractivity contribution in [1.82, 2.24) is 4.90 Å². The smallest absolute Gasteiger partial charge is 0.321 e. The van der Waals surface area contributed by atoms with E-state index in [9.17, 15) is 9.90 Å². The first-order valence-electron chi connectivity index (χ1n) is 6.86. The molecule has 1 saturated heterocycles. The fourth-order valence-electron chi connectivity index (χ4n) is 2.45. The molecular weight excluding hydrogens is 256 g/mol. The van der Waals surface area contributed by atoms with Gasteiger partial charge in [-0.2, -0.15) is 0 Å². The number of carbonyl (C=O) groups excluding carboxylic acids is 1. The van der Waals surface area contributed by atoms with Gasteiger partial charge in [0.2, 0.25) is 0 Å². The summed E-state index contributed by atoms with van der Waals surface area (Å²) in [5.74, 6) is 0. The van der Waals surface area contributed by atoms with Crippen LogP contribution in [0.5, 0.6) is 0 Å². The molecule has 1 fully saturated rings. The Kier molecular flexibility index (Phi) is 4.62. The Balaban J connectivity index is 1.93. The van der Waals surface area contributed by atoms with Crippen LogP contribution in [0.2, 0.25) is 0 Å². The number of amides is 2. The summed E-state index contributed by atoms with van der Waals surface area (Å²) in [5, 5.41) is 12.9. The van der Waals surface area contributed by atoms with E-state index in [0.29, 0.717) is 19.7 Å². The number of β-amino-alcohol motifs (C(OH)–C–C–N with tert-alkyl or cyclic N) is 1. The largest absolute Gasteiger partial charge is 0.388 e. The molecule has 2 rings (SSSR count). The van der Waals surface area contributed by atoms with Gasteiger partial charge in [0.05, 0.1) is 18.8 Å². The Morgan fingerprint density at radius 2 is 2.15 bits per heavy atom. The van der Waals surface area contributed by atoms with E-state index in [0.717, 1.165) is 24.1 Å². The molecule has 1 heterocycles. The molecule has 1 aliphatic heterocycles. The molecule has 1 aliphatic rings. The number of hydrogen-bond acceptors (Lipinski definition) is 3. The summed E-state index contributed by atoms with van der Waals surface area (Å²) in [6.45, 7) is 3.39. The summed E-state index contributed by atoms with van der Waals surface area (Å²) < 4.78 is 5.04. The molecule has 0 saturated carbocycles. The van der Waals surface area contributed by atoms with E-state index in [1.54, 1.807) is 18.9 Å². The lowest BCUT2D eigenvalue weighted by atomic mass is 9.95. The summed E-state index contributed by atoms with van der Waals surface area (Å²) in [7, 11) is 1.65. The number of nitrogens with zero attached hydrogens (tertiary/aromatic N) is 1. The molecule has 0 aliphatic carbocycles. The summed E-state index contributed by atoms with van der Waals surface area (Å²) >= 11 is 0. The highest BCUT2D eigenvalue weighted by atomic mass is 16.5. The van der Waals surface area contributed by atoms with Gasteiger partial charge in [-0.05, 0) is 37.5 Å². The zero-order chi connectivity index (χ0) is 14.6. The van der Waals surface area contributed by atoms with Crippen LogP contribution >= 0.6 is 0 Å². The predicted octanol–water partition coefficient (Wildman–Crippen LogP) is 2.21. The number of hydrogen-bond donors (Lipinski definition) is 2. The van der Waals surface area contributed by atoms with Crippen LogP contribution in [0.3, 0.4) is 0 Å². The number of anilines is 1. The topological polar surface area (TPSA) is 61.8 Å². The third-order valence-corrected chi connectivity index (χ3v) is 3.48. The lowest BCUT2D eigenvalue weighted by Gasteiger charge is -2.36. The van der Waals surface area contributed by atoms with Crippen molar-refractivity contribution in [3.05, 3.63) is 29.8 Å². The van der Waals surface area contributed by atoms with Crippen molar-refractivity contribution in [1.29, 1.82) is 0 Å². The normalized spacial score (nSPS) is 22.6. The Hall–Kier alpha value is -1.59. The number of methoxy groups -OCH3 is 1. The van der Waals surface area contributed by atoms with Gasteiger partial charge in [0.1, 0.15) is 0 Å². The van der Waals surface area contributed by atoms with Gasteiger partial charge in [0.25, 0.3) is 0 Å². The fraction of sp³-hybridized carbons (Fsp3) is 0.533. The van der Waals surface area contributed by atoms with Crippen LogP contribution in [0.4, 0.5) is 10.5 Å². The number of carbonyl (C=O) groups is 1. The van der Waals surface area contributed by atoms with Crippen LogP contribution in [0.1, 0.15) is 25.3 Å². The number of piperidine rings is 1. The maximum atomic E-state index is 12.1. The number of urea groups is 1. The molecule has 2 amide bonds. The Bertz CT molecular complexity index is 457. The minimum absolute atomic E-state index is 0.163. The van der Waals surface area contributed by atoms with E-state index in [1.807, 2.05) is 24.3 Å². The van der Waals surface area contributed by atoms with Crippen molar-refractivity contribution in [3.63, 3.8) is 0 Å². The molecule has 1 aromatic rings. The second-order valence-corrected chi connectivity index (χ2v) is 5.58. The molecule has 0 aromatic heterocycles. The molecule has 2 N–H and O–H groups in total. The van der Waals surface area contributed by atoms with Crippen LogP contribution in [0.15, 0.2) is 24.3 Å². The van der Waals surface area contributed by atoms with Crippen molar-refractivity contribution in [2.75, 3.05) is 25.5 Å². The Labute approximate surface area is 119 Å². The molecule has 5 heteroatoms. The van der Waals surface area contributed by atoms with Gasteiger partial charge in [0, 0.05) is 19.3 Å². The molecule has 1 atom stereocenters. The summed E-state index contributed by atoms with van der Waals surface area (Å²) in [5.41, 5.74) is 1.03. The number of nitrogens with one attached hydrogen (secondary N) is 1. The quantitative estimate of drug-likeness (QED) is 0.891. The summed E-state index contributed by atoms with van der Waals surface area (Å²) in [6, 6.07) is 7.39. The van der Waals surface area contributed by atoms with E-state index in [4.69, 9.17) is 4.74 Å². The molecule has 110 valence electrons. The van der Waals surface area contributed by atoms with E-state index in [1.165, 1.54) is 0 Å². The second kappa shape index (κ2) is 6.24. The van der Waals surface area contributed by atoms with Gasteiger partial charge in [0.15, 0.2) is 0 Å². The van der Waals surface area contributed by atoms with Gasteiger partial charge in [-0.25, -0.2) is 4.79 Å². The molecule has 20 heavy (non-hydrogen) atoms. The van der Waals surface area contributed by atoms with E-state index in [2.05, 4.69) is 5.32 Å². The average Bonchev–Trinajstić information content (AvgIpc) is 2.40. The van der Waals surface area contributed by atoms with Gasteiger partial charge in [-0.1, -0.05) is 12.1 Å². The Morgan fingerprint density at radius 3 is 2.75 bits per heavy atom. The van der Waals surface area contributed by atoms with Crippen molar-refractivity contribution in [2.45, 2.75) is 32.0 Å².